The van der Waals surface area contributed by atoms with Gasteiger partial charge in [0.2, 0.25) is 0 Å². The Bertz CT molecular complexity index is 369. The van der Waals surface area contributed by atoms with Crippen LogP contribution in [0.25, 0.3) is 6.08 Å². The summed E-state index contributed by atoms with van der Waals surface area (Å²) in [5.41, 5.74) is 0. The Morgan fingerprint density at radius 3 is 2.88 bits per heavy atom. The molecular formula is C11H16N2O3. The molecule has 0 fully saturated rings. The predicted octanol–water partition coefficient (Wildman–Crippen LogP) is 2.45. The molecule has 0 aliphatic carbocycles. The van der Waals surface area contributed by atoms with Crippen molar-refractivity contribution in [1.29, 1.82) is 0 Å². The van der Waals surface area contributed by atoms with E-state index < -0.39 is 4.92 Å². The van der Waals surface area contributed by atoms with Crippen molar-refractivity contribution in [3.8, 4) is 0 Å². The van der Waals surface area contributed by atoms with Gasteiger partial charge in [0.15, 0.2) is 0 Å². The molecule has 88 valence electrons. The zero-order chi connectivity index (χ0) is 12.0. The normalized spacial score (nSPS) is 11.4. The molecule has 5 heteroatoms. The van der Waals surface area contributed by atoms with Crippen molar-refractivity contribution in [3.05, 3.63) is 34.1 Å². The number of hydrogen-bond donors (Lipinski definition) is 1. The summed E-state index contributed by atoms with van der Waals surface area (Å²) in [4.78, 5) is 9.79. The van der Waals surface area contributed by atoms with Crippen molar-refractivity contribution < 1.29 is 9.34 Å². The second-order valence-corrected chi connectivity index (χ2v) is 3.89. The highest BCUT2D eigenvalue weighted by Crippen LogP contribution is 2.16. The molecule has 1 N–H and O–H groups in total. The lowest BCUT2D eigenvalue weighted by molar-refractivity contribution is -0.402. The van der Waals surface area contributed by atoms with Crippen LogP contribution in [0, 0.1) is 16.0 Å². The number of hydrogen-bond acceptors (Lipinski definition) is 4. The van der Waals surface area contributed by atoms with E-state index >= 15 is 0 Å². The van der Waals surface area contributed by atoms with Crippen molar-refractivity contribution >= 4 is 12.0 Å². The quantitative estimate of drug-likeness (QED) is 0.458. The molecule has 1 aromatic rings. The van der Waals surface area contributed by atoms with Gasteiger partial charge < -0.3 is 9.73 Å². The highest BCUT2D eigenvalue weighted by molar-refractivity contribution is 5.44. The summed E-state index contributed by atoms with van der Waals surface area (Å²) in [5.74, 6) is 0.880. The van der Waals surface area contributed by atoms with Gasteiger partial charge in [-0.3, -0.25) is 10.1 Å². The van der Waals surface area contributed by atoms with Crippen LogP contribution in [0.3, 0.4) is 0 Å². The van der Waals surface area contributed by atoms with E-state index in [4.69, 9.17) is 4.42 Å². The third-order valence-corrected chi connectivity index (χ3v) is 1.89. The Kier molecular flexibility index (Phi) is 4.72. The van der Waals surface area contributed by atoms with Crippen LogP contribution in [0.15, 0.2) is 22.6 Å². The third-order valence-electron chi connectivity index (χ3n) is 1.89. The zero-order valence-corrected chi connectivity index (χ0v) is 9.47. The van der Waals surface area contributed by atoms with Gasteiger partial charge in [-0.25, -0.2) is 0 Å². The molecule has 0 saturated heterocycles. The molecule has 0 radical (unpaired) electrons. The van der Waals surface area contributed by atoms with Gasteiger partial charge in [0.1, 0.15) is 10.7 Å². The molecule has 0 amide bonds. The largest absolute Gasteiger partial charge is 0.433 e. The molecule has 0 aromatic carbocycles. The number of nitrogens with zero attached hydrogens (tertiary/aromatic N) is 1. The lowest BCUT2D eigenvalue weighted by Gasteiger charge is -2.03. The average molecular weight is 224 g/mol. The summed E-state index contributed by atoms with van der Waals surface area (Å²) in [5, 5.41) is 13.6. The van der Waals surface area contributed by atoms with Crippen LogP contribution in [-0.4, -0.2) is 18.0 Å². The predicted molar refractivity (Wildman–Crippen MR) is 62.1 cm³/mol. The van der Waals surface area contributed by atoms with Gasteiger partial charge in [0.05, 0.1) is 6.07 Å². The Morgan fingerprint density at radius 2 is 2.31 bits per heavy atom. The minimum atomic E-state index is -0.547. The number of rotatable bonds is 6. The number of nitro groups is 1. The molecule has 0 saturated carbocycles. The second-order valence-electron chi connectivity index (χ2n) is 3.89. The molecule has 0 spiro atoms. The average Bonchev–Trinajstić information content (AvgIpc) is 2.65. The monoisotopic (exact) mass is 224 g/mol. The third kappa shape index (κ3) is 4.27. The summed E-state index contributed by atoms with van der Waals surface area (Å²) in [6, 6.07) is 2.93. The van der Waals surface area contributed by atoms with Crippen LogP contribution >= 0.6 is 0 Å². The molecule has 0 bridgehead atoms. The topological polar surface area (TPSA) is 68.3 Å². The highest BCUT2D eigenvalue weighted by atomic mass is 16.6. The summed E-state index contributed by atoms with van der Waals surface area (Å²) >= 11 is 0. The summed E-state index contributed by atoms with van der Waals surface area (Å²) in [6.07, 6.45) is 3.60. The smallest absolute Gasteiger partial charge is 0.401 e. The van der Waals surface area contributed by atoms with Gasteiger partial charge in [-0.15, -0.1) is 0 Å². The molecule has 16 heavy (non-hydrogen) atoms. The van der Waals surface area contributed by atoms with Crippen LogP contribution < -0.4 is 5.32 Å². The van der Waals surface area contributed by atoms with E-state index in [-0.39, 0.29) is 5.88 Å². The van der Waals surface area contributed by atoms with E-state index in [1.807, 2.05) is 6.08 Å². The van der Waals surface area contributed by atoms with E-state index in [1.165, 1.54) is 6.07 Å². The summed E-state index contributed by atoms with van der Waals surface area (Å²) in [7, 11) is 0. The first-order valence-electron chi connectivity index (χ1n) is 5.21. The highest BCUT2D eigenvalue weighted by Gasteiger charge is 2.09. The van der Waals surface area contributed by atoms with Crippen molar-refractivity contribution in [2.24, 2.45) is 5.92 Å². The van der Waals surface area contributed by atoms with E-state index in [0.717, 1.165) is 13.1 Å². The van der Waals surface area contributed by atoms with Gasteiger partial charge >= 0.3 is 5.88 Å². The summed E-state index contributed by atoms with van der Waals surface area (Å²) < 4.78 is 4.96. The fourth-order valence-corrected chi connectivity index (χ4v) is 1.16. The first kappa shape index (κ1) is 12.4. The minimum Gasteiger partial charge on any atom is -0.401 e. The Labute approximate surface area is 94.3 Å². The molecule has 0 unspecified atom stereocenters. The molecule has 5 nitrogen and oxygen atoms in total. The maximum atomic E-state index is 10.3. The van der Waals surface area contributed by atoms with Crippen LogP contribution in [0.1, 0.15) is 19.6 Å². The molecule has 1 heterocycles. The molecule has 0 aliphatic heterocycles. The van der Waals surface area contributed by atoms with E-state index in [2.05, 4.69) is 19.2 Å². The lowest BCUT2D eigenvalue weighted by Crippen LogP contribution is -2.19. The SMILES string of the molecule is CC(C)CNCC=Cc1ccc([N+](=O)[O-])o1. The van der Waals surface area contributed by atoms with E-state index in [9.17, 15) is 10.1 Å². The van der Waals surface area contributed by atoms with Crippen LogP contribution in [0.4, 0.5) is 5.88 Å². The first-order chi connectivity index (χ1) is 7.59. The fourth-order valence-electron chi connectivity index (χ4n) is 1.16. The lowest BCUT2D eigenvalue weighted by atomic mass is 10.2. The molecule has 0 aliphatic rings. The Morgan fingerprint density at radius 1 is 1.56 bits per heavy atom. The molecular weight excluding hydrogens is 208 g/mol. The van der Waals surface area contributed by atoms with Crippen molar-refractivity contribution in [2.75, 3.05) is 13.1 Å². The summed E-state index contributed by atoms with van der Waals surface area (Å²) in [6.45, 7) is 5.94. The maximum absolute atomic E-state index is 10.3. The van der Waals surface area contributed by atoms with Gasteiger partial charge in [0.25, 0.3) is 0 Å². The van der Waals surface area contributed by atoms with Crippen molar-refractivity contribution in [3.63, 3.8) is 0 Å². The van der Waals surface area contributed by atoms with Crippen LogP contribution in [0.5, 0.6) is 0 Å². The maximum Gasteiger partial charge on any atom is 0.433 e. The van der Waals surface area contributed by atoms with Gasteiger partial charge in [0, 0.05) is 6.54 Å². The molecule has 1 aromatic heterocycles. The van der Waals surface area contributed by atoms with E-state index in [1.54, 1.807) is 12.1 Å². The van der Waals surface area contributed by atoms with Crippen LogP contribution in [-0.2, 0) is 0 Å². The fraction of sp³-hybridized carbons (Fsp3) is 0.455. The zero-order valence-electron chi connectivity index (χ0n) is 9.47. The Balaban J connectivity index is 2.35. The standard InChI is InChI=1S/C11H16N2O3/c1-9(2)8-12-7-3-4-10-5-6-11(16-10)13(14)15/h3-6,9,12H,7-8H2,1-2H3. The second kappa shape index (κ2) is 6.07. The number of furan rings is 1. The molecule has 0 atom stereocenters. The van der Waals surface area contributed by atoms with Gasteiger partial charge in [-0.1, -0.05) is 19.9 Å². The van der Waals surface area contributed by atoms with Crippen molar-refractivity contribution in [1.82, 2.24) is 5.32 Å². The first-order valence-corrected chi connectivity index (χ1v) is 5.21. The Hall–Kier alpha value is -1.62. The van der Waals surface area contributed by atoms with Crippen molar-refractivity contribution in [2.45, 2.75) is 13.8 Å². The van der Waals surface area contributed by atoms with Crippen LogP contribution in [0.2, 0.25) is 0 Å². The number of nitrogens with one attached hydrogen (secondary N) is 1. The van der Waals surface area contributed by atoms with Gasteiger partial charge in [-0.05, 0) is 24.6 Å². The minimum absolute atomic E-state index is 0.227. The van der Waals surface area contributed by atoms with Gasteiger partial charge in [-0.2, -0.15) is 0 Å². The van der Waals surface area contributed by atoms with E-state index in [0.29, 0.717) is 11.7 Å². The molecule has 1 rings (SSSR count).